The molecule has 0 aliphatic rings. The highest BCUT2D eigenvalue weighted by Crippen LogP contribution is 2.21. The molecule has 6 heteroatoms. The van der Waals surface area contributed by atoms with E-state index in [-0.39, 0.29) is 16.6 Å². The third-order valence-electron chi connectivity index (χ3n) is 2.49. The number of benzene rings is 2. The van der Waals surface area contributed by atoms with Crippen LogP contribution in [0.5, 0.6) is 0 Å². The van der Waals surface area contributed by atoms with Gasteiger partial charge < -0.3 is 5.32 Å². The fourth-order valence-corrected chi connectivity index (χ4v) is 1.88. The predicted octanol–water partition coefficient (Wildman–Crippen LogP) is 4.62. The van der Waals surface area contributed by atoms with Gasteiger partial charge in [-0.15, -0.1) is 0 Å². The normalized spacial score (nSPS) is 10.6. The molecule has 0 amide bonds. The number of halogens is 5. The Morgan fingerprint density at radius 1 is 0.842 bits per heavy atom. The lowest BCUT2D eigenvalue weighted by Gasteiger charge is -2.08. The van der Waals surface area contributed by atoms with Gasteiger partial charge in [0.2, 0.25) is 0 Å². The maximum absolute atomic E-state index is 13.4. The summed E-state index contributed by atoms with van der Waals surface area (Å²) in [6, 6.07) is 5.43. The van der Waals surface area contributed by atoms with E-state index < -0.39 is 23.3 Å². The van der Waals surface area contributed by atoms with Crippen LogP contribution in [0.25, 0.3) is 0 Å². The first-order chi connectivity index (χ1) is 8.97. The Morgan fingerprint density at radius 2 is 1.53 bits per heavy atom. The van der Waals surface area contributed by atoms with E-state index in [1.165, 1.54) is 18.2 Å². The highest BCUT2D eigenvalue weighted by molar-refractivity contribution is 9.10. The van der Waals surface area contributed by atoms with Crippen LogP contribution in [0, 0.1) is 23.3 Å². The summed E-state index contributed by atoms with van der Waals surface area (Å²) in [4.78, 5) is 0. The van der Waals surface area contributed by atoms with Crippen LogP contribution in [0.15, 0.2) is 34.8 Å². The van der Waals surface area contributed by atoms with E-state index >= 15 is 0 Å². The molecule has 0 heterocycles. The molecular formula is C13H8BrF4N. The largest absolute Gasteiger partial charge is 0.381 e. The maximum atomic E-state index is 13.4. The molecule has 1 nitrogen and oxygen atoms in total. The van der Waals surface area contributed by atoms with Crippen molar-refractivity contribution in [3.8, 4) is 0 Å². The fraction of sp³-hybridized carbons (Fsp3) is 0.0769. The monoisotopic (exact) mass is 333 g/mol. The van der Waals surface area contributed by atoms with Gasteiger partial charge in [0, 0.05) is 23.9 Å². The minimum atomic E-state index is -1.23. The lowest BCUT2D eigenvalue weighted by molar-refractivity contribution is 0.490. The van der Waals surface area contributed by atoms with E-state index in [9.17, 15) is 17.6 Å². The molecule has 100 valence electrons. The van der Waals surface area contributed by atoms with Crippen LogP contribution >= 0.6 is 15.9 Å². The van der Waals surface area contributed by atoms with Crippen LogP contribution in [0.3, 0.4) is 0 Å². The van der Waals surface area contributed by atoms with Gasteiger partial charge in [0.1, 0.15) is 11.6 Å². The van der Waals surface area contributed by atoms with Gasteiger partial charge in [-0.3, -0.25) is 0 Å². The summed E-state index contributed by atoms with van der Waals surface area (Å²) in [5.41, 5.74) is 0.511. The number of hydrogen-bond acceptors (Lipinski definition) is 1. The molecule has 2 aromatic rings. The molecule has 0 saturated carbocycles. The Morgan fingerprint density at radius 3 is 2.21 bits per heavy atom. The van der Waals surface area contributed by atoms with Gasteiger partial charge in [0.25, 0.3) is 0 Å². The van der Waals surface area contributed by atoms with Crippen LogP contribution < -0.4 is 5.32 Å². The maximum Gasteiger partial charge on any atom is 0.161 e. The third kappa shape index (κ3) is 3.26. The lowest BCUT2D eigenvalue weighted by atomic mass is 10.2. The minimum absolute atomic E-state index is 0.0145. The zero-order chi connectivity index (χ0) is 14.0. The molecule has 0 unspecified atom stereocenters. The van der Waals surface area contributed by atoms with Crippen LogP contribution in [-0.4, -0.2) is 0 Å². The quantitative estimate of drug-likeness (QED) is 0.638. The highest BCUT2D eigenvalue weighted by atomic mass is 79.9. The summed E-state index contributed by atoms with van der Waals surface area (Å²) in [5, 5.41) is 2.79. The third-order valence-corrected chi connectivity index (χ3v) is 3.10. The average molecular weight is 334 g/mol. The van der Waals surface area contributed by atoms with Crippen molar-refractivity contribution in [2.24, 2.45) is 0 Å². The predicted molar refractivity (Wildman–Crippen MR) is 67.7 cm³/mol. The first kappa shape index (κ1) is 13.9. The fourth-order valence-electron chi connectivity index (χ4n) is 1.50. The summed E-state index contributed by atoms with van der Waals surface area (Å²) in [6.07, 6.45) is 0. The van der Waals surface area contributed by atoms with Crippen molar-refractivity contribution in [1.29, 1.82) is 0 Å². The topological polar surface area (TPSA) is 12.0 Å². The molecule has 0 aliphatic heterocycles. The number of hydrogen-bond donors (Lipinski definition) is 1. The van der Waals surface area contributed by atoms with E-state index in [4.69, 9.17) is 0 Å². The minimum Gasteiger partial charge on any atom is -0.381 e. The molecule has 0 saturated heterocycles. The van der Waals surface area contributed by atoms with E-state index in [1.54, 1.807) is 0 Å². The van der Waals surface area contributed by atoms with Crippen molar-refractivity contribution in [2.75, 3.05) is 5.32 Å². The van der Waals surface area contributed by atoms with Crippen molar-refractivity contribution >= 4 is 21.6 Å². The molecule has 2 rings (SSSR count). The molecule has 19 heavy (non-hydrogen) atoms. The van der Waals surface area contributed by atoms with Gasteiger partial charge in [-0.1, -0.05) is 0 Å². The zero-order valence-corrected chi connectivity index (χ0v) is 11.1. The zero-order valence-electron chi connectivity index (χ0n) is 9.48. The van der Waals surface area contributed by atoms with Gasteiger partial charge >= 0.3 is 0 Å². The first-order valence-electron chi connectivity index (χ1n) is 5.29. The number of anilines is 1. The number of nitrogens with one attached hydrogen (secondary N) is 1. The van der Waals surface area contributed by atoms with Gasteiger partial charge in [-0.05, 0) is 40.2 Å². The van der Waals surface area contributed by atoms with Gasteiger partial charge in [0.05, 0.1) is 4.47 Å². The average Bonchev–Trinajstić information content (AvgIpc) is 2.36. The van der Waals surface area contributed by atoms with Crippen molar-refractivity contribution < 1.29 is 17.6 Å². The smallest absolute Gasteiger partial charge is 0.161 e. The van der Waals surface area contributed by atoms with Gasteiger partial charge in [-0.2, -0.15) is 0 Å². The molecule has 0 radical (unpaired) electrons. The highest BCUT2D eigenvalue weighted by Gasteiger charge is 2.09. The van der Waals surface area contributed by atoms with Crippen molar-refractivity contribution in [3.63, 3.8) is 0 Å². The van der Waals surface area contributed by atoms with Crippen molar-refractivity contribution in [2.45, 2.75) is 6.54 Å². The van der Waals surface area contributed by atoms with Crippen molar-refractivity contribution in [3.05, 3.63) is 63.6 Å². The molecule has 0 bridgehead atoms. The Bertz CT molecular complexity index is 616. The molecule has 0 atom stereocenters. The summed E-state index contributed by atoms with van der Waals surface area (Å²) < 4.78 is 52.3. The van der Waals surface area contributed by atoms with E-state index in [0.29, 0.717) is 11.8 Å². The Kier molecular flexibility index (Phi) is 4.09. The van der Waals surface area contributed by atoms with Crippen LogP contribution in [0.2, 0.25) is 0 Å². The SMILES string of the molecule is Fc1cc(F)c(CNc2ccc(F)c(Br)c2)cc1F. The Hall–Kier alpha value is -1.56. The Balaban J connectivity index is 2.14. The summed E-state index contributed by atoms with van der Waals surface area (Å²) in [5.74, 6) is -3.61. The molecule has 0 fully saturated rings. The molecule has 1 N–H and O–H groups in total. The van der Waals surface area contributed by atoms with Gasteiger partial charge in [-0.25, -0.2) is 17.6 Å². The molecule has 0 spiro atoms. The summed E-state index contributed by atoms with van der Waals surface area (Å²) in [7, 11) is 0. The van der Waals surface area contributed by atoms with Crippen molar-refractivity contribution in [1.82, 2.24) is 0 Å². The summed E-state index contributed by atoms with van der Waals surface area (Å²) >= 11 is 3.01. The van der Waals surface area contributed by atoms with E-state index in [0.717, 1.165) is 6.07 Å². The molecule has 0 aliphatic carbocycles. The second kappa shape index (κ2) is 5.61. The molecular weight excluding hydrogens is 326 g/mol. The van der Waals surface area contributed by atoms with E-state index in [1.807, 2.05) is 0 Å². The molecule has 0 aromatic heterocycles. The number of rotatable bonds is 3. The van der Waals surface area contributed by atoms with Crippen LogP contribution in [0.1, 0.15) is 5.56 Å². The van der Waals surface area contributed by atoms with Crippen LogP contribution in [0.4, 0.5) is 23.2 Å². The second-order valence-electron chi connectivity index (χ2n) is 3.84. The second-order valence-corrected chi connectivity index (χ2v) is 4.69. The van der Waals surface area contributed by atoms with Gasteiger partial charge in [0.15, 0.2) is 11.6 Å². The lowest BCUT2D eigenvalue weighted by Crippen LogP contribution is -2.03. The van der Waals surface area contributed by atoms with Crippen LogP contribution in [-0.2, 0) is 6.54 Å². The molecule has 2 aromatic carbocycles. The Labute approximate surface area is 115 Å². The van der Waals surface area contributed by atoms with E-state index in [2.05, 4.69) is 21.2 Å². The first-order valence-corrected chi connectivity index (χ1v) is 6.09. The summed E-state index contributed by atoms with van der Waals surface area (Å²) in [6.45, 7) is -0.0406. The standard InChI is InChI=1S/C13H8BrF4N/c14-9-4-8(1-2-10(9)15)19-6-7-3-12(17)13(18)5-11(7)16/h1-5,19H,6H2.